The fourth-order valence-electron chi connectivity index (χ4n) is 2.91. The van der Waals surface area contributed by atoms with Crippen molar-refractivity contribution in [2.24, 2.45) is 5.92 Å². The van der Waals surface area contributed by atoms with E-state index in [1.54, 1.807) is 11.3 Å². The number of nitrogens with one attached hydrogen (secondary N) is 1. The number of nitrogens with zero attached hydrogens (tertiary/aromatic N) is 2. The number of thiazole rings is 1. The summed E-state index contributed by atoms with van der Waals surface area (Å²) in [7, 11) is 0. The third-order valence-electron chi connectivity index (χ3n) is 4.52. The van der Waals surface area contributed by atoms with Gasteiger partial charge in [0, 0.05) is 23.7 Å². The number of rotatable bonds is 3. The van der Waals surface area contributed by atoms with E-state index in [0.717, 1.165) is 10.7 Å². The van der Waals surface area contributed by atoms with Gasteiger partial charge in [0.2, 0.25) is 0 Å². The van der Waals surface area contributed by atoms with Crippen LogP contribution in [0.15, 0.2) is 5.38 Å². The van der Waals surface area contributed by atoms with E-state index in [9.17, 15) is 4.79 Å². The average Bonchev–Trinajstić information content (AvgIpc) is 2.83. The Morgan fingerprint density at radius 3 is 3.00 bits per heavy atom. The van der Waals surface area contributed by atoms with E-state index in [1.807, 2.05) is 17.2 Å². The highest BCUT2D eigenvalue weighted by molar-refractivity contribution is 7.09. The van der Waals surface area contributed by atoms with Crippen LogP contribution in [-0.2, 0) is 4.74 Å². The Morgan fingerprint density at radius 2 is 2.38 bits per heavy atom. The van der Waals surface area contributed by atoms with Crippen molar-refractivity contribution in [1.29, 1.82) is 0 Å². The van der Waals surface area contributed by atoms with Crippen LogP contribution in [0.4, 0.5) is 4.79 Å². The van der Waals surface area contributed by atoms with E-state index >= 15 is 0 Å². The average molecular weight is 309 g/mol. The van der Waals surface area contributed by atoms with Crippen molar-refractivity contribution in [2.45, 2.75) is 45.2 Å². The normalized spacial score (nSPS) is 24.5. The summed E-state index contributed by atoms with van der Waals surface area (Å²) >= 11 is 1.61. The predicted molar refractivity (Wildman–Crippen MR) is 82.5 cm³/mol. The molecule has 2 heterocycles. The van der Waals surface area contributed by atoms with Crippen LogP contribution >= 0.6 is 11.3 Å². The van der Waals surface area contributed by atoms with E-state index < -0.39 is 0 Å². The Hall–Kier alpha value is -1.14. The summed E-state index contributed by atoms with van der Waals surface area (Å²) in [6, 6.07) is 0.231. The lowest BCUT2D eigenvalue weighted by molar-refractivity contribution is 0.0102. The molecule has 1 N–H and O–H groups in total. The summed E-state index contributed by atoms with van der Waals surface area (Å²) in [6.45, 7) is 5.87. The molecule has 5 nitrogen and oxygen atoms in total. The largest absolute Gasteiger partial charge is 0.377 e. The van der Waals surface area contributed by atoms with Crippen molar-refractivity contribution in [3.05, 3.63) is 16.1 Å². The highest BCUT2D eigenvalue weighted by Gasteiger charge is 2.33. The van der Waals surface area contributed by atoms with Gasteiger partial charge in [-0.3, -0.25) is 0 Å². The lowest BCUT2D eigenvalue weighted by Crippen LogP contribution is -2.52. The van der Waals surface area contributed by atoms with Gasteiger partial charge in [0.15, 0.2) is 0 Å². The molecule has 2 fully saturated rings. The Bertz CT molecular complexity index is 501. The van der Waals surface area contributed by atoms with E-state index in [4.69, 9.17) is 4.74 Å². The first-order chi connectivity index (χ1) is 10.1. The molecular weight excluding hydrogens is 286 g/mol. The minimum Gasteiger partial charge on any atom is -0.377 e. The first-order valence-corrected chi connectivity index (χ1v) is 8.60. The van der Waals surface area contributed by atoms with Crippen LogP contribution in [0.2, 0.25) is 0 Å². The summed E-state index contributed by atoms with van der Waals surface area (Å²) in [6.07, 6.45) is 3.77. The van der Waals surface area contributed by atoms with Crippen molar-refractivity contribution in [3.8, 4) is 0 Å². The second-order valence-electron chi connectivity index (χ2n) is 6.04. The van der Waals surface area contributed by atoms with Gasteiger partial charge in [-0.25, -0.2) is 9.78 Å². The highest BCUT2D eigenvalue weighted by Crippen LogP contribution is 2.30. The number of amides is 2. The van der Waals surface area contributed by atoms with Crippen molar-refractivity contribution in [1.82, 2.24) is 15.2 Å². The minimum atomic E-state index is -0.0500. The molecule has 21 heavy (non-hydrogen) atoms. The molecule has 1 saturated heterocycles. The number of carbonyl (C=O) groups excluding carboxylic acids is 1. The monoisotopic (exact) mass is 309 g/mol. The van der Waals surface area contributed by atoms with Crippen molar-refractivity contribution >= 4 is 17.4 Å². The summed E-state index contributed by atoms with van der Waals surface area (Å²) in [5, 5.41) is 6.16. The van der Waals surface area contributed by atoms with Gasteiger partial charge < -0.3 is 15.0 Å². The first-order valence-electron chi connectivity index (χ1n) is 7.72. The van der Waals surface area contributed by atoms with Crippen LogP contribution in [0.25, 0.3) is 0 Å². The predicted octanol–water partition coefficient (Wildman–Crippen LogP) is 2.72. The van der Waals surface area contributed by atoms with E-state index in [2.05, 4.69) is 17.2 Å². The lowest BCUT2D eigenvalue weighted by atomic mass is 9.80. The molecule has 1 aromatic rings. The zero-order valence-corrected chi connectivity index (χ0v) is 13.5. The lowest BCUT2D eigenvalue weighted by Gasteiger charge is -2.37. The van der Waals surface area contributed by atoms with Crippen molar-refractivity contribution in [3.63, 3.8) is 0 Å². The number of morpholine rings is 1. The fraction of sp³-hybridized carbons (Fsp3) is 0.733. The number of urea groups is 1. The Morgan fingerprint density at radius 1 is 1.57 bits per heavy atom. The summed E-state index contributed by atoms with van der Waals surface area (Å²) < 4.78 is 5.56. The molecule has 6 heteroatoms. The molecule has 1 aliphatic heterocycles. The second-order valence-corrected chi connectivity index (χ2v) is 6.93. The van der Waals surface area contributed by atoms with Crippen LogP contribution in [-0.4, -0.2) is 41.7 Å². The molecule has 1 aromatic heterocycles. The molecular formula is C15H23N3O2S. The zero-order chi connectivity index (χ0) is 14.8. The Kier molecular flexibility index (Phi) is 4.45. The topological polar surface area (TPSA) is 54.5 Å². The van der Waals surface area contributed by atoms with Gasteiger partial charge in [0.25, 0.3) is 0 Å². The molecule has 0 radical (unpaired) electrons. The summed E-state index contributed by atoms with van der Waals surface area (Å²) in [4.78, 5) is 19.0. The third kappa shape index (κ3) is 3.21. The van der Waals surface area contributed by atoms with Crippen LogP contribution in [0, 0.1) is 12.8 Å². The molecule has 0 bridgehead atoms. The smallest absolute Gasteiger partial charge is 0.318 e. The third-order valence-corrected chi connectivity index (χ3v) is 5.58. The second kappa shape index (κ2) is 6.32. The van der Waals surface area contributed by atoms with Crippen LogP contribution in [0.5, 0.6) is 0 Å². The van der Waals surface area contributed by atoms with Gasteiger partial charge in [-0.2, -0.15) is 0 Å². The molecule has 0 unspecified atom stereocenters. The quantitative estimate of drug-likeness (QED) is 0.934. The van der Waals surface area contributed by atoms with Crippen LogP contribution < -0.4 is 5.32 Å². The van der Waals surface area contributed by atoms with Gasteiger partial charge in [-0.1, -0.05) is 6.42 Å². The maximum absolute atomic E-state index is 12.6. The highest BCUT2D eigenvalue weighted by atomic mass is 32.1. The number of ether oxygens (including phenoxy) is 1. The molecule has 2 atom stereocenters. The molecule has 1 saturated carbocycles. The molecule has 2 aliphatic rings. The van der Waals surface area contributed by atoms with E-state index in [0.29, 0.717) is 25.7 Å². The van der Waals surface area contributed by atoms with E-state index in [1.165, 1.54) is 19.3 Å². The molecule has 3 rings (SSSR count). The molecule has 0 aromatic carbocycles. The van der Waals surface area contributed by atoms with Gasteiger partial charge in [0.1, 0.15) is 11.0 Å². The summed E-state index contributed by atoms with van der Waals surface area (Å²) in [5.74, 6) is 0.649. The van der Waals surface area contributed by atoms with Crippen molar-refractivity contribution in [2.75, 3.05) is 19.8 Å². The summed E-state index contributed by atoms with van der Waals surface area (Å²) in [5.41, 5.74) is 1.00. The molecule has 116 valence electrons. The molecule has 1 aliphatic carbocycles. The number of aromatic nitrogens is 1. The SMILES string of the molecule is Cc1csc([C@H]2COCCN2C(=O)N[C@H](C)C2CCC2)n1. The maximum Gasteiger partial charge on any atom is 0.318 e. The van der Waals surface area contributed by atoms with Crippen LogP contribution in [0.3, 0.4) is 0 Å². The fourth-order valence-corrected chi connectivity index (χ4v) is 3.80. The Labute approximate surface area is 129 Å². The molecule has 0 spiro atoms. The standard InChI is InChI=1S/C15H23N3O2S/c1-10-9-21-14(16-10)13-8-20-7-6-18(13)15(19)17-11(2)12-4-3-5-12/h9,11-13H,3-8H2,1-2H3,(H,17,19)/t11-,13-/m1/s1. The van der Waals surface area contributed by atoms with Gasteiger partial charge >= 0.3 is 6.03 Å². The zero-order valence-electron chi connectivity index (χ0n) is 12.7. The van der Waals surface area contributed by atoms with Gasteiger partial charge in [0.05, 0.1) is 13.2 Å². The minimum absolute atomic E-state index is 0.0237. The number of hydrogen-bond acceptors (Lipinski definition) is 4. The number of hydrogen-bond donors (Lipinski definition) is 1. The van der Waals surface area contributed by atoms with Crippen LogP contribution in [0.1, 0.15) is 42.9 Å². The maximum atomic E-state index is 12.6. The Balaban J connectivity index is 1.66. The van der Waals surface area contributed by atoms with Crippen molar-refractivity contribution < 1.29 is 9.53 Å². The van der Waals surface area contributed by atoms with Gasteiger partial charge in [-0.15, -0.1) is 11.3 Å². The first kappa shape index (κ1) is 14.8. The molecule has 2 amide bonds. The number of aryl methyl sites for hydroxylation is 1. The van der Waals surface area contributed by atoms with E-state index in [-0.39, 0.29) is 18.1 Å². The number of carbonyl (C=O) groups is 1. The van der Waals surface area contributed by atoms with Gasteiger partial charge in [-0.05, 0) is 32.6 Å².